The Morgan fingerprint density at radius 1 is 1.11 bits per heavy atom. The van der Waals surface area contributed by atoms with E-state index in [4.69, 9.17) is 4.74 Å². The molecule has 1 aromatic rings. The Morgan fingerprint density at radius 3 is 2.53 bits per heavy atom. The zero-order valence-corrected chi connectivity index (χ0v) is 12.9. The highest BCUT2D eigenvalue weighted by Crippen LogP contribution is 2.07. The first-order valence-electron chi connectivity index (χ1n) is 7.54. The molecule has 0 fully saturated rings. The summed E-state index contributed by atoms with van der Waals surface area (Å²) in [6.45, 7) is 11.3. The Morgan fingerprint density at radius 2 is 1.84 bits per heavy atom. The molecule has 4 nitrogen and oxygen atoms in total. The molecule has 0 N–H and O–H groups in total. The first-order valence-corrected chi connectivity index (χ1v) is 7.54. The van der Waals surface area contributed by atoms with E-state index in [1.807, 2.05) is 10.9 Å². The maximum atomic E-state index is 5.58. The SMILES string of the molecule is CC(C)CCCc1cn(CCOCCC(C)C)nn1. The van der Waals surface area contributed by atoms with Crippen LogP contribution in [-0.2, 0) is 17.7 Å². The first-order chi connectivity index (χ1) is 9.08. The van der Waals surface area contributed by atoms with Gasteiger partial charge in [-0.3, -0.25) is 0 Å². The lowest BCUT2D eigenvalue weighted by atomic mass is 10.1. The summed E-state index contributed by atoms with van der Waals surface area (Å²) in [5.41, 5.74) is 1.10. The molecule has 0 aliphatic heterocycles. The van der Waals surface area contributed by atoms with E-state index in [1.165, 1.54) is 12.8 Å². The van der Waals surface area contributed by atoms with Gasteiger partial charge in [0.05, 0.1) is 18.8 Å². The third-order valence-electron chi connectivity index (χ3n) is 3.10. The number of aryl methyl sites for hydroxylation is 1. The second kappa shape index (κ2) is 9.08. The minimum Gasteiger partial charge on any atom is -0.380 e. The fourth-order valence-electron chi connectivity index (χ4n) is 1.83. The zero-order chi connectivity index (χ0) is 14.1. The molecule has 1 rings (SSSR count). The smallest absolute Gasteiger partial charge is 0.0827 e. The second-order valence-electron chi connectivity index (χ2n) is 6.05. The molecule has 19 heavy (non-hydrogen) atoms. The number of hydrogen-bond acceptors (Lipinski definition) is 3. The number of hydrogen-bond donors (Lipinski definition) is 0. The normalized spacial score (nSPS) is 11.7. The molecule has 4 heteroatoms. The van der Waals surface area contributed by atoms with Crippen molar-refractivity contribution in [3.8, 4) is 0 Å². The van der Waals surface area contributed by atoms with Gasteiger partial charge in [-0.15, -0.1) is 5.10 Å². The third-order valence-corrected chi connectivity index (χ3v) is 3.10. The van der Waals surface area contributed by atoms with Crippen LogP contribution in [-0.4, -0.2) is 28.2 Å². The van der Waals surface area contributed by atoms with Crippen LogP contribution in [0.15, 0.2) is 6.20 Å². The minimum atomic E-state index is 0.707. The predicted octanol–water partition coefficient (Wildman–Crippen LogP) is 3.32. The highest BCUT2D eigenvalue weighted by atomic mass is 16.5. The number of nitrogens with zero attached hydrogens (tertiary/aromatic N) is 3. The molecule has 110 valence electrons. The van der Waals surface area contributed by atoms with E-state index in [0.29, 0.717) is 5.92 Å². The van der Waals surface area contributed by atoms with E-state index in [2.05, 4.69) is 38.0 Å². The van der Waals surface area contributed by atoms with Crippen LogP contribution in [0.5, 0.6) is 0 Å². The van der Waals surface area contributed by atoms with Crippen molar-refractivity contribution < 1.29 is 4.74 Å². The van der Waals surface area contributed by atoms with Crippen molar-refractivity contribution >= 4 is 0 Å². The summed E-state index contributed by atoms with van der Waals surface area (Å²) >= 11 is 0. The van der Waals surface area contributed by atoms with Gasteiger partial charge in [0.25, 0.3) is 0 Å². The largest absolute Gasteiger partial charge is 0.380 e. The van der Waals surface area contributed by atoms with Crippen molar-refractivity contribution in [1.29, 1.82) is 0 Å². The summed E-state index contributed by atoms with van der Waals surface area (Å²) in [5.74, 6) is 1.48. The Hall–Kier alpha value is -0.900. The highest BCUT2D eigenvalue weighted by Gasteiger charge is 2.02. The molecule has 0 radical (unpaired) electrons. The van der Waals surface area contributed by atoms with Crippen LogP contribution in [0.3, 0.4) is 0 Å². The molecule has 0 aliphatic rings. The lowest BCUT2D eigenvalue weighted by Gasteiger charge is -2.05. The van der Waals surface area contributed by atoms with Gasteiger partial charge in [0.15, 0.2) is 0 Å². The Labute approximate surface area is 117 Å². The third kappa shape index (κ3) is 7.98. The molecule has 0 unspecified atom stereocenters. The van der Waals surface area contributed by atoms with E-state index in [0.717, 1.165) is 44.2 Å². The molecule has 0 atom stereocenters. The van der Waals surface area contributed by atoms with Crippen LogP contribution in [0.2, 0.25) is 0 Å². The van der Waals surface area contributed by atoms with Crippen molar-refractivity contribution in [2.75, 3.05) is 13.2 Å². The molecule has 0 aliphatic carbocycles. The summed E-state index contributed by atoms with van der Waals surface area (Å²) in [6, 6.07) is 0. The molecule has 0 spiro atoms. The molecule has 0 amide bonds. The topological polar surface area (TPSA) is 39.9 Å². The molecule has 0 saturated carbocycles. The molecular formula is C15H29N3O. The van der Waals surface area contributed by atoms with Gasteiger partial charge in [-0.25, -0.2) is 4.68 Å². The fraction of sp³-hybridized carbons (Fsp3) is 0.867. The lowest BCUT2D eigenvalue weighted by Crippen LogP contribution is -2.08. The summed E-state index contributed by atoms with van der Waals surface area (Å²) < 4.78 is 7.47. The summed E-state index contributed by atoms with van der Waals surface area (Å²) in [7, 11) is 0. The van der Waals surface area contributed by atoms with Crippen molar-refractivity contribution in [2.24, 2.45) is 11.8 Å². The van der Waals surface area contributed by atoms with Crippen molar-refractivity contribution in [1.82, 2.24) is 15.0 Å². The molecule has 0 saturated heterocycles. The second-order valence-corrected chi connectivity index (χ2v) is 6.05. The summed E-state index contributed by atoms with van der Waals surface area (Å²) in [4.78, 5) is 0. The van der Waals surface area contributed by atoms with Gasteiger partial charge in [-0.2, -0.15) is 0 Å². The van der Waals surface area contributed by atoms with E-state index in [-0.39, 0.29) is 0 Å². The standard InChI is InChI=1S/C15H29N3O/c1-13(2)6-5-7-15-12-18(17-16-15)9-11-19-10-8-14(3)4/h12-14H,5-11H2,1-4H3. The van der Waals surface area contributed by atoms with Crippen LogP contribution in [0, 0.1) is 11.8 Å². The molecule has 0 bridgehead atoms. The van der Waals surface area contributed by atoms with Crippen molar-refractivity contribution in [3.63, 3.8) is 0 Å². The maximum Gasteiger partial charge on any atom is 0.0827 e. The minimum absolute atomic E-state index is 0.707. The Kier molecular flexibility index (Phi) is 7.72. The molecule has 1 heterocycles. The highest BCUT2D eigenvalue weighted by molar-refractivity contribution is 4.92. The maximum absolute atomic E-state index is 5.58. The van der Waals surface area contributed by atoms with Crippen molar-refractivity contribution in [3.05, 3.63) is 11.9 Å². The van der Waals surface area contributed by atoms with E-state index in [1.54, 1.807) is 0 Å². The van der Waals surface area contributed by atoms with Crippen LogP contribution >= 0.6 is 0 Å². The molecule has 0 aromatic carbocycles. The van der Waals surface area contributed by atoms with Gasteiger partial charge in [0.1, 0.15) is 0 Å². The monoisotopic (exact) mass is 267 g/mol. The van der Waals surface area contributed by atoms with Crippen molar-refractivity contribution in [2.45, 2.75) is 59.9 Å². The first kappa shape index (κ1) is 16.2. The lowest BCUT2D eigenvalue weighted by molar-refractivity contribution is 0.113. The van der Waals surface area contributed by atoms with E-state index in [9.17, 15) is 0 Å². The van der Waals surface area contributed by atoms with Crippen LogP contribution in [0.1, 0.15) is 52.7 Å². The fourth-order valence-corrected chi connectivity index (χ4v) is 1.83. The van der Waals surface area contributed by atoms with E-state index >= 15 is 0 Å². The summed E-state index contributed by atoms with van der Waals surface area (Å²) in [6.07, 6.45) is 6.66. The molecule has 1 aromatic heterocycles. The van der Waals surface area contributed by atoms with Crippen LogP contribution in [0.25, 0.3) is 0 Å². The Balaban J connectivity index is 2.12. The molecular weight excluding hydrogens is 238 g/mol. The number of ether oxygens (including phenoxy) is 1. The van der Waals surface area contributed by atoms with Gasteiger partial charge in [-0.05, 0) is 31.1 Å². The van der Waals surface area contributed by atoms with Crippen LogP contribution < -0.4 is 0 Å². The number of aromatic nitrogens is 3. The average molecular weight is 267 g/mol. The number of rotatable bonds is 10. The van der Waals surface area contributed by atoms with Gasteiger partial charge >= 0.3 is 0 Å². The van der Waals surface area contributed by atoms with Crippen LogP contribution in [0.4, 0.5) is 0 Å². The van der Waals surface area contributed by atoms with E-state index < -0.39 is 0 Å². The van der Waals surface area contributed by atoms with Gasteiger partial charge in [0, 0.05) is 12.8 Å². The quantitative estimate of drug-likeness (QED) is 0.611. The predicted molar refractivity (Wildman–Crippen MR) is 78.1 cm³/mol. The average Bonchev–Trinajstić information content (AvgIpc) is 2.76. The summed E-state index contributed by atoms with van der Waals surface area (Å²) in [5, 5.41) is 8.33. The van der Waals surface area contributed by atoms with Gasteiger partial charge in [0.2, 0.25) is 0 Å². The Bertz CT molecular complexity index is 334. The van der Waals surface area contributed by atoms with Gasteiger partial charge in [-0.1, -0.05) is 39.3 Å². The van der Waals surface area contributed by atoms with Gasteiger partial charge < -0.3 is 4.74 Å². The zero-order valence-electron chi connectivity index (χ0n) is 12.9.